The fourth-order valence-electron chi connectivity index (χ4n) is 0.639. The Morgan fingerprint density at radius 1 is 1.55 bits per heavy atom. The van der Waals surface area contributed by atoms with Gasteiger partial charge in [-0.25, -0.2) is 4.39 Å². The molecule has 1 aromatic carbocycles. The number of rotatable bonds is 0. The Morgan fingerprint density at radius 3 is 2.64 bits per heavy atom. The molecule has 0 unspecified atom stereocenters. The number of aromatic hydroxyl groups is 1. The molecule has 1 aromatic rings. The Kier molecular flexibility index (Phi) is 1.97. The Balaban J connectivity index is 3.35. The Labute approximate surface area is 67.5 Å². The molecule has 0 aliphatic carbocycles. The van der Waals surface area contributed by atoms with Gasteiger partial charge >= 0.3 is 0 Å². The van der Waals surface area contributed by atoms with Crippen molar-refractivity contribution < 1.29 is 9.50 Å². The minimum atomic E-state index is -0.898. The van der Waals surface area contributed by atoms with Gasteiger partial charge in [0.15, 0.2) is 11.6 Å². The molecular formula is C7H3ClFNO. The molecule has 0 fully saturated rings. The van der Waals surface area contributed by atoms with Gasteiger partial charge < -0.3 is 5.11 Å². The lowest BCUT2D eigenvalue weighted by Gasteiger charge is -1.96. The van der Waals surface area contributed by atoms with Crippen LogP contribution in [0.1, 0.15) is 5.56 Å². The molecule has 0 amide bonds. The fraction of sp³-hybridized carbons (Fsp3) is 0. The van der Waals surface area contributed by atoms with Crippen LogP contribution in [0.2, 0.25) is 5.02 Å². The third-order valence-electron chi connectivity index (χ3n) is 1.14. The van der Waals surface area contributed by atoms with Crippen LogP contribution in [0, 0.1) is 17.1 Å². The van der Waals surface area contributed by atoms with Gasteiger partial charge in [0.25, 0.3) is 0 Å². The molecule has 11 heavy (non-hydrogen) atoms. The van der Waals surface area contributed by atoms with Gasteiger partial charge in [-0.3, -0.25) is 0 Å². The van der Waals surface area contributed by atoms with Gasteiger partial charge in [-0.1, -0.05) is 11.6 Å². The first-order valence-corrected chi connectivity index (χ1v) is 3.11. The van der Waals surface area contributed by atoms with Crippen LogP contribution in [-0.4, -0.2) is 5.11 Å². The average molecular weight is 172 g/mol. The zero-order valence-corrected chi connectivity index (χ0v) is 6.06. The van der Waals surface area contributed by atoms with Gasteiger partial charge in [0.2, 0.25) is 0 Å². The summed E-state index contributed by atoms with van der Waals surface area (Å²) in [5.41, 5.74) is 0.133. The molecule has 2 nitrogen and oxygen atoms in total. The number of benzene rings is 1. The van der Waals surface area contributed by atoms with E-state index in [1.54, 1.807) is 6.07 Å². The van der Waals surface area contributed by atoms with Crippen molar-refractivity contribution in [3.8, 4) is 11.8 Å². The summed E-state index contributed by atoms with van der Waals surface area (Å²) in [6, 6.07) is 3.89. The molecule has 0 saturated carbocycles. The third kappa shape index (κ3) is 1.41. The topological polar surface area (TPSA) is 44.0 Å². The highest BCUT2D eigenvalue weighted by Crippen LogP contribution is 2.24. The number of nitriles is 1. The minimum absolute atomic E-state index is 0.133. The summed E-state index contributed by atoms with van der Waals surface area (Å²) in [5.74, 6) is -1.50. The van der Waals surface area contributed by atoms with E-state index in [0.29, 0.717) is 0 Å². The van der Waals surface area contributed by atoms with E-state index in [1.165, 1.54) is 0 Å². The highest BCUT2D eigenvalue weighted by molar-refractivity contribution is 6.31. The quantitative estimate of drug-likeness (QED) is 0.649. The van der Waals surface area contributed by atoms with Crippen molar-refractivity contribution in [1.29, 1.82) is 5.26 Å². The lowest BCUT2D eigenvalue weighted by molar-refractivity contribution is 0.432. The van der Waals surface area contributed by atoms with Crippen LogP contribution >= 0.6 is 11.6 Å². The molecule has 0 spiro atoms. The van der Waals surface area contributed by atoms with Crippen LogP contribution in [0.5, 0.6) is 5.75 Å². The van der Waals surface area contributed by atoms with E-state index in [-0.39, 0.29) is 10.6 Å². The molecule has 0 aromatic heterocycles. The van der Waals surface area contributed by atoms with Crippen molar-refractivity contribution in [3.05, 3.63) is 28.5 Å². The van der Waals surface area contributed by atoms with E-state index in [1.807, 2.05) is 0 Å². The molecular weight excluding hydrogens is 169 g/mol. The maximum absolute atomic E-state index is 12.6. The molecule has 0 bridgehead atoms. The van der Waals surface area contributed by atoms with E-state index >= 15 is 0 Å². The van der Waals surface area contributed by atoms with Crippen molar-refractivity contribution >= 4 is 11.6 Å². The largest absolute Gasteiger partial charge is 0.505 e. The van der Waals surface area contributed by atoms with Gasteiger partial charge in [0.05, 0.1) is 16.7 Å². The predicted octanol–water partition coefficient (Wildman–Crippen LogP) is 2.06. The van der Waals surface area contributed by atoms with Crippen molar-refractivity contribution in [1.82, 2.24) is 0 Å². The van der Waals surface area contributed by atoms with Crippen molar-refractivity contribution in [2.45, 2.75) is 0 Å². The van der Waals surface area contributed by atoms with Crippen molar-refractivity contribution in [3.63, 3.8) is 0 Å². The van der Waals surface area contributed by atoms with Gasteiger partial charge in [-0.05, 0) is 6.07 Å². The molecule has 1 rings (SSSR count). The number of halogens is 2. The molecule has 0 aliphatic rings. The second kappa shape index (κ2) is 2.77. The summed E-state index contributed by atoms with van der Waals surface area (Å²) in [5, 5.41) is 16.9. The lowest BCUT2D eigenvalue weighted by Crippen LogP contribution is -1.81. The second-order valence-electron chi connectivity index (χ2n) is 1.90. The number of phenolic OH excluding ortho intramolecular Hbond substituents is 1. The standard InChI is InChI=1S/C7H3ClFNO/c8-5-1-4(3-10)2-6(11)7(5)9/h1-2,11H. The first kappa shape index (κ1) is 7.83. The third-order valence-corrected chi connectivity index (χ3v) is 1.41. The summed E-state index contributed by atoms with van der Waals surface area (Å²) in [7, 11) is 0. The highest BCUT2D eigenvalue weighted by atomic mass is 35.5. The van der Waals surface area contributed by atoms with E-state index < -0.39 is 11.6 Å². The summed E-state index contributed by atoms with van der Waals surface area (Å²) in [6.45, 7) is 0. The van der Waals surface area contributed by atoms with Crippen LogP contribution < -0.4 is 0 Å². The maximum Gasteiger partial charge on any atom is 0.183 e. The maximum atomic E-state index is 12.6. The van der Waals surface area contributed by atoms with E-state index in [2.05, 4.69) is 0 Å². The van der Waals surface area contributed by atoms with Gasteiger partial charge in [-0.15, -0.1) is 0 Å². The van der Waals surface area contributed by atoms with E-state index in [9.17, 15) is 4.39 Å². The van der Waals surface area contributed by atoms with Crippen LogP contribution in [0.4, 0.5) is 4.39 Å². The SMILES string of the molecule is N#Cc1cc(O)c(F)c(Cl)c1. The summed E-state index contributed by atoms with van der Waals surface area (Å²) >= 11 is 5.31. The predicted molar refractivity (Wildman–Crippen MR) is 37.8 cm³/mol. The fourth-order valence-corrected chi connectivity index (χ4v) is 0.853. The molecule has 1 N–H and O–H groups in total. The minimum Gasteiger partial charge on any atom is -0.505 e. The molecule has 0 aliphatic heterocycles. The van der Waals surface area contributed by atoms with Crippen LogP contribution in [-0.2, 0) is 0 Å². The smallest absolute Gasteiger partial charge is 0.183 e. The Hall–Kier alpha value is -1.27. The Morgan fingerprint density at radius 2 is 2.18 bits per heavy atom. The Bertz CT molecular complexity index is 309. The van der Waals surface area contributed by atoms with Gasteiger partial charge in [0.1, 0.15) is 0 Å². The molecule has 56 valence electrons. The number of nitrogens with zero attached hydrogens (tertiary/aromatic N) is 1. The zero-order valence-electron chi connectivity index (χ0n) is 5.31. The monoisotopic (exact) mass is 171 g/mol. The highest BCUT2D eigenvalue weighted by Gasteiger charge is 2.06. The normalized spacial score (nSPS) is 9.18. The summed E-state index contributed by atoms with van der Waals surface area (Å²) < 4.78 is 12.6. The average Bonchev–Trinajstić information content (AvgIpc) is 1.99. The zero-order chi connectivity index (χ0) is 8.43. The van der Waals surface area contributed by atoms with Gasteiger partial charge in [0, 0.05) is 6.07 Å². The van der Waals surface area contributed by atoms with Crippen molar-refractivity contribution in [2.75, 3.05) is 0 Å². The van der Waals surface area contributed by atoms with Crippen molar-refractivity contribution in [2.24, 2.45) is 0 Å². The first-order valence-electron chi connectivity index (χ1n) is 2.73. The number of hydrogen-bond donors (Lipinski definition) is 1. The van der Waals surface area contributed by atoms with Crippen LogP contribution in [0.15, 0.2) is 12.1 Å². The number of hydrogen-bond acceptors (Lipinski definition) is 2. The molecule has 0 radical (unpaired) electrons. The first-order chi connectivity index (χ1) is 5.15. The van der Waals surface area contributed by atoms with Crippen LogP contribution in [0.3, 0.4) is 0 Å². The number of phenols is 1. The van der Waals surface area contributed by atoms with Crippen LogP contribution in [0.25, 0.3) is 0 Å². The van der Waals surface area contributed by atoms with E-state index in [4.69, 9.17) is 22.0 Å². The molecule has 0 saturated heterocycles. The summed E-state index contributed by atoms with van der Waals surface area (Å²) in [4.78, 5) is 0. The summed E-state index contributed by atoms with van der Waals surface area (Å²) in [6.07, 6.45) is 0. The second-order valence-corrected chi connectivity index (χ2v) is 2.31. The molecule has 4 heteroatoms. The van der Waals surface area contributed by atoms with E-state index in [0.717, 1.165) is 12.1 Å². The molecule has 0 atom stereocenters. The molecule has 0 heterocycles. The van der Waals surface area contributed by atoms with Gasteiger partial charge in [-0.2, -0.15) is 5.26 Å². The lowest BCUT2D eigenvalue weighted by atomic mass is 10.2.